The van der Waals surface area contributed by atoms with E-state index in [9.17, 15) is 4.79 Å². The van der Waals surface area contributed by atoms with Gasteiger partial charge in [0.1, 0.15) is 5.60 Å². The second-order valence-corrected chi connectivity index (χ2v) is 6.71. The van der Waals surface area contributed by atoms with Crippen LogP contribution in [0.2, 0.25) is 0 Å². The maximum absolute atomic E-state index is 11.6. The van der Waals surface area contributed by atoms with Crippen LogP contribution in [0.1, 0.15) is 41.5 Å². The summed E-state index contributed by atoms with van der Waals surface area (Å²) >= 11 is 2.22. The van der Waals surface area contributed by atoms with E-state index in [1.54, 1.807) is 27.7 Å². The van der Waals surface area contributed by atoms with Gasteiger partial charge in [-0.3, -0.25) is 0 Å². The number of hydrogen-bond donors (Lipinski definition) is 0. The van der Waals surface area contributed by atoms with E-state index < -0.39 is 17.9 Å². The molecule has 0 rings (SSSR count). The van der Waals surface area contributed by atoms with Crippen molar-refractivity contribution in [2.75, 3.05) is 0 Å². The Bertz CT molecular complexity index is 365. The van der Waals surface area contributed by atoms with Gasteiger partial charge in [0.15, 0.2) is 6.10 Å². The van der Waals surface area contributed by atoms with Crippen molar-refractivity contribution >= 4 is 28.7 Å². The summed E-state index contributed by atoms with van der Waals surface area (Å²) in [6.45, 7) is 11.1. The normalized spacial score (nSPS) is 15.2. The first-order valence-corrected chi connectivity index (χ1v) is 6.89. The monoisotopic (exact) mass is 364 g/mol. The van der Waals surface area contributed by atoms with Crippen molar-refractivity contribution < 1.29 is 14.3 Å². The quantitative estimate of drug-likeness (QED) is 0.425. The van der Waals surface area contributed by atoms with Gasteiger partial charge in [-0.1, -0.05) is 18.9 Å². The Balaban J connectivity index is 4.68. The van der Waals surface area contributed by atoms with E-state index in [0.29, 0.717) is 0 Å². The van der Waals surface area contributed by atoms with Crippen molar-refractivity contribution in [1.82, 2.24) is 0 Å². The van der Waals surface area contributed by atoms with Gasteiger partial charge in [-0.15, -0.1) is 5.92 Å². The Morgan fingerprint density at radius 2 is 1.94 bits per heavy atom. The average molecular weight is 364 g/mol. The Morgan fingerprint density at radius 1 is 1.39 bits per heavy atom. The Hall–Kier alpha value is -0.700. The lowest BCUT2D eigenvalue weighted by molar-refractivity contribution is -0.0219. The van der Waals surface area contributed by atoms with Crippen LogP contribution in [0, 0.1) is 17.8 Å². The Morgan fingerprint density at radius 3 is 2.33 bits per heavy atom. The van der Waals surface area contributed by atoms with Crippen LogP contribution in [0.4, 0.5) is 4.79 Å². The fraction of sp³-hybridized carbons (Fsp3) is 0.643. The van der Waals surface area contributed by atoms with Gasteiger partial charge in [0, 0.05) is 5.92 Å². The van der Waals surface area contributed by atoms with E-state index in [4.69, 9.17) is 9.47 Å². The first kappa shape index (κ1) is 17.3. The summed E-state index contributed by atoms with van der Waals surface area (Å²) in [5.74, 6) is 5.69. The first-order valence-electron chi connectivity index (χ1n) is 5.81. The number of carbonyl (C=O) groups is 1. The van der Waals surface area contributed by atoms with E-state index in [-0.39, 0.29) is 5.92 Å². The summed E-state index contributed by atoms with van der Waals surface area (Å²) in [4.78, 5) is 11.6. The van der Waals surface area contributed by atoms with Crippen LogP contribution in [0.3, 0.4) is 0 Å². The molecule has 0 spiro atoms. The lowest BCUT2D eigenvalue weighted by Gasteiger charge is -2.22. The standard InChI is InChI=1S/C14H21IO3/c1-7-8-12(10(2)9-11(3)15)17-13(16)18-14(4,5)6/h9-10,12H,1-6H3/b11-9-/t10-,12+/m0/s1. The average Bonchev–Trinajstić information content (AvgIpc) is 2.12. The fourth-order valence-electron chi connectivity index (χ4n) is 1.24. The van der Waals surface area contributed by atoms with Crippen LogP contribution in [-0.2, 0) is 9.47 Å². The number of carbonyl (C=O) groups excluding carboxylic acids is 1. The summed E-state index contributed by atoms with van der Waals surface area (Å²) in [7, 11) is 0. The number of ether oxygens (including phenoxy) is 2. The summed E-state index contributed by atoms with van der Waals surface area (Å²) < 4.78 is 11.5. The molecule has 0 aliphatic heterocycles. The number of allylic oxidation sites excluding steroid dienone is 1. The molecule has 0 bridgehead atoms. The van der Waals surface area contributed by atoms with E-state index in [0.717, 1.165) is 3.58 Å². The minimum atomic E-state index is -0.679. The smallest absolute Gasteiger partial charge is 0.429 e. The third-order valence-electron chi connectivity index (χ3n) is 1.87. The number of rotatable bonds is 3. The van der Waals surface area contributed by atoms with Gasteiger partial charge in [-0.05, 0) is 60.8 Å². The third-order valence-corrected chi connectivity index (χ3v) is 2.23. The van der Waals surface area contributed by atoms with Crippen LogP contribution in [0.15, 0.2) is 9.66 Å². The van der Waals surface area contributed by atoms with Gasteiger partial charge in [-0.2, -0.15) is 0 Å². The summed E-state index contributed by atoms with van der Waals surface area (Å²) in [5.41, 5.74) is -0.556. The maximum atomic E-state index is 11.6. The molecule has 4 heteroatoms. The zero-order chi connectivity index (χ0) is 14.3. The van der Waals surface area contributed by atoms with Crippen molar-refractivity contribution in [2.45, 2.75) is 53.2 Å². The number of halogens is 1. The molecule has 102 valence electrons. The third kappa shape index (κ3) is 8.40. The highest BCUT2D eigenvalue weighted by Crippen LogP contribution is 2.17. The molecule has 2 atom stereocenters. The van der Waals surface area contributed by atoms with Gasteiger partial charge < -0.3 is 9.47 Å². The van der Waals surface area contributed by atoms with E-state index in [2.05, 4.69) is 34.4 Å². The molecule has 0 saturated carbocycles. The Kier molecular flexibility index (Phi) is 7.37. The molecular formula is C14H21IO3. The molecule has 0 radical (unpaired) electrons. The lowest BCUT2D eigenvalue weighted by Crippen LogP contribution is -2.29. The SMILES string of the molecule is CC#C[C@@H](OC(=O)OC(C)(C)C)[C@@H](C)/C=C(/C)I. The molecule has 0 fully saturated rings. The molecule has 0 aliphatic carbocycles. The van der Waals surface area contributed by atoms with E-state index in [1.165, 1.54) is 0 Å². The first-order chi connectivity index (χ1) is 8.15. The van der Waals surface area contributed by atoms with Crippen molar-refractivity contribution in [3.63, 3.8) is 0 Å². The van der Waals surface area contributed by atoms with Gasteiger partial charge in [0.2, 0.25) is 0 Å². The largest absolute Gasteiger partial charge is 0.510 e. The van der Waals surface area contributed by atoms with Crippen molar-refractivity contribution in [3.05, 3.63) is 9.66 Å². The summed E-state index contributed by atoms with van der Waals surface area (Å²) in [5, 5.41) is 0. The highest BCUT2D eigenvalue weighted by Gasteiger charge is 2.23. The van der Waals surface area contributed by atoms with Crippen LogP contribution >= 0.6 is 22.6 Å². The molecular weight excluding hydrogens is 343 g/mol. The molecule has 0 heterocycles. The lowest BCUT2D eigenvalue weighted by atomic mass is 10.0. The molecule has 3 nitrogen and oxygen atoms in total. The summed E-state index contributed by atoms with van der Waals surface area (Å²) in [6.07, 6.45) is 0.858. The molecule has 0 aromatic carbocycles. The van der Waals surface area contributed by atoms with E-state index >= 15 is 0 Å². The molecule has 0 amide bonds. The molecule has 0 saturated heterocycles. The van der Waals surface area contributed by atoms with Crippen molar-refractivity contribution in [2.24, 2.45) is 5.92 Å². The second kappa shape index (κ2) is 7.67. The molecule has 0 N–H and O–H groups in total. The van der Waals surface area contributed by atoms with Crippen molar-refractivity contribution in [3.8, 4) is 11.8 Å². The van der Waals surface area contributed by atoms with Crippen LogP contribution in [-0.4, -0.2) is 17.9 Å². The molecule has 0 aromatic rings. The zero-order valence-electron chi connectivity index (χ0n) is 11.8. The maximum Gasteiger partial charge on any atom is 0.510 e. The minimum absolute atomic E-state index is 0.0295. The van der Waals surface area contributed by atoms with E-state index in [1.807, 2.05) is 19.9 Å². The van der Waals surface area contributed by atoms with Gasteiger partial charge in [0.25, 0.3) is 0 Å². The van der Waals surface area contributed by atoms with Gasteiger partial charge in [-0.25, -0.2) is 4.79 Å². The zero-order valence-corrected chi connectivity index (χ0v) is 14.0. The minimum Gasteiger partial charge on any atom is -0.429 e. The molecule has 0 unspecified atom stereocenters. The van der Waals surface area contributed by atoms with Crippen LogP contribution in [0.25, 0.3) is 0 Å². The second-order valence-electron chi connectivity index (χ2n) is 5.01. The van der Waals surface area contributed by atoms with Gasteiger partial charge >= 0.3 is 6.16 Å². The molecule has 0 aliphatic rings. The predicted octanol–water partition coefficient (Wildman–Crippen LogP) is 4.30. The Labute approximate surface area is 123 Å². The number of hydrogen-bond acceptors (Lipinski definition) is 3. The van der Waals surface area contributed by atoms with Crippen LogP contribution < -0.4 is 0 Å². The summed E-state index contributed by atoms with van der Waals surface area (Å²) in [6, 6.07) is 0. The highest BCUT2D eigenvalue weighted by molar-refractivity contribution is 14.1. The fourth-order valence-corrected chi connectivity index (χ4v) is 1.81. The predicted molar refractivity (Wildman–Crippen MR) is 81.5 cm³/mol. The van der Waals surface area contributed by atoms with Crippen LogP contribution in [0.5, 0.6) is 0 Å². The van der Waals surface area contributed by atoms with Crippen molar-refractivity contribution in [1.29, 1.82) is 0 Å². The molecule has 0 aromatic heterocycles. The highest BCUT2D eigenvalue weighted by atomic mass is 127. The molecule has 18 heavy (non-hydrogen) atoms. The topological polar surface area (TPSA) is 35.5 Å². The van der Waals surface area contributed by atoms with Gasteiger partial charge in [0.05, 0.1) is 0 Å².